The van der Waals surface area contributed by atoms with Crippen LogP contribution in [-0.2, 0) is 42.5 Å². The first-order valence-electron chi connectivity index (χ1n) is 16.9. The van der Waals surface area contributed by atoms with Gasteiger partial charge in [-0.05, 0) is 37.0 Å². The van der Waals surface area contributed by atoms with E-state index in [9.17, 15) is 0 Å². The van der Waals surface area contributed by atoms with Crippen LogP contribution in [0.5, 0.6) is 0 Å². The van der Waals surface area contributed by atoms with Gasteiger partial charge in [0.05, 0.1) is 0 Å². The molecule has 48 heavy (non-hydrogen) atoms. The van der Waals surface area contributed by atoms with Crippen LogP contribution in [0.4, 0.5) is 0 Å². The second-order valence-corrected chi connectivity index (χ2v) is 15.4. The Morgan fingerprint density at radius 2 is 1.25 bits per heavy atom. The van der Waals surface area contributed by atoms with E-state index in [1.165, 1.54) is 125 Å². The summed E-state index contributed by atoms with van der Waals surface area (Å²) >= 11 is 1.46. The van der Waals surface area contributed by atoms with Gasteiger partial charge in [-0.3, -0.25) is 0 Å². The number of unbranched alkanes of at least 4 members (excludes halogenated alkanes) is 1. The van der Waals surface area contributed by atoms with E-state index >= 15 is 0 Å². The summed E-state index contributed by atoms with van der Waals surface area (Å²) in [6.07, 6.45) is 4.89. The molecule has 1 aliphatic carbocycles. The molecule has 0 radical (unpaired) electrons. The molecule has 0 bridgehead atoms. The third kappa shape index (κ3) is 11.0. The molecule has 0 atom stereocenters. The van der Waals surface area contributed by atoms with Crippen LogP contribution >= 0.6 is 0 Å². The zero-order valence-electron chi connectivity index (χ0n) is 30.7. The molecule has 0 spiro atoms. The first kappa shape index (κ1) is 41.7. The molecule has 0 N–H and O–H groups in total. The van der Waals surface area contributed by atoms with Crippen molar-refractivity contribution in [1.82, 2.24) is 0 Å². The number of aryl methyl sites for hydroxylation is 7. The van der Waals surface area contributed by atoms with Crippen LogP contribution < -0.4 is 24.8 Å². The van der Waals surface area contributed by atoms with E-state index in [0.717, 1.165) is 6.42 Å². The van der Waals surface area contributed by atoms with Gasteiger partial charge in [-0.2, -0.15) is 46.5 Å². The molecular weight excluding hydrogens is 703 g/mol. The number of fused-ring (bicyclic) bond motifs is 3. The Hall–Kier alpha value is -2.44. The predicted molar refractivity (Wildman–Crippen MR) is 197 cm³/mol. The number of benzene rings is 4. The van der Waals surface area contributed by atoms with Crippen molar-refractivity contribution in [3.05, 3.63) is 158 Å². The summed E-state index contributed by atoms with van der Waals surface area (Å²) in [5, 5.41) is 0. The number of hydrogen-bond acceptors (Lipinski definition) is 0. The Bertz CT molecular complexity index is 1680. The number of halogens is 2. The van der Waals surface area contributed by atoms with Crippen molar-refractivity contribution < 1.29 is 49.0 Å². The average Bonchev–Trinajstić information content (AvgIpc) is 3.63. The van der Waals surface area contributed by atoms with E-state index in [1.807, 2.05) is 0 Å². The zero-order valence-corrected chi connectivity index (χ0v) is 34.6. The molecule has 0 aromatic heterocycles. The molecule has 6 rings (SSSR count). The third-order valence-electron chi connectivity index (χ3n) is 9.18. The molecule has 0 fully saturated rings. The Morgan fingerprint density at radius 3 is 1.75 bits per heavy atom. The van der Waals surface area contributed by atoms with Gasteiger partial charge >= 0.3 is 112 Å². The third-order valence-corrected chi connectivity index (χ3v) is 10.6. The van der Waals surface area contributed by atoms with Gasteiger partial charge in [-0.25, -0.2) is 6.07 Å². The fraction of sp³-hybridized carbons (Fsp3) is 0.333. The van der Waals surface area contributed by atoms with Gasteiger partial charge in [0.1, 0.15) is 0 Å². The number of hydrogen-bond donors (Lipinski definition) is 0. The van der Waals surface area contributed by atoms with Crippen LogP contribution in [0.25, 0.3) is 11.1 Å². The molecule has 0 saturated heterocycles. The summed E-state index contributed by atoms with van der Waals surface area (Å²) < 4.78 is 1.42. The number of rotatable bonds is 5. The van der Waals surface area contributed by atoms with E-state index in [0.29, 0.717) is 5.41 Å². The van der Waals surface area contributed by atoms with E-state index in [1.54, 1.807) is 0 Å². The molecule has 3 heteroatoms. The fourth-order valence-electron chi connectivity index (χ4n) is 5.75. The summed E-state index contributed by atoms with van der Waals surface area (Å²) in [6, 6.07) is 35.0. The minimum absolute atomic E-state index is 0. The minimum Gasteiger partial charge on any atom is -1.00 e. The summed E-state index contributed by atoms with van der Waals surface area (Å²) in [4.78, 5) is 0. The molecule has 0 aliphatic heterocycles. The molecule has 252 valence electrons. The second-order valence-electron chi connectivity index (χ2n) is 14.2. The van der Waals surface area contributed by atoms with Gasteiger partial charge in [0.25, 0.3) is 0 Å². The molecule has 0 amide bonds. The Morgan fingerprint density at radius 1 is 0.729 bits per heavy atom. The van der Waals surface area contributed by atoms with Crippen LogP contribution in [-0.4, -0.2) is 3.21 Å². The van der Waals surface area contributed by atoms with Crippen molar-refractivity contribution in [2.24, 2.45) is 0 Å². The topological polar surface area (TPSA) is 0 Å². The molecule has 0 heterocycles. The van der Waals surface area contributed by atoms with E-state index in [4.69, 9.17) is 0 Å². The van der Waals surface area contributed by atoms with Gasteiger partial charge in [-0.15, -0.1) is 11.1 Å². The fourth-order valence-corrected chi connectivity index (χ4v) is 6.57. The minimum atomic E-state index is 0. The van der Waals surface area contributed by atoms with Gasteiger partial charge in [-0.1, -0.05) is 83.9 Å². The van der Waals surface area contributed by atoms with Crippen LogP contribution in [0, 0.1) is 47.6 Å². The molecule has 1 aliphatic rings. The van der Waals surface area contributed by atoms with E-state index in [2.05, 4.69) is 160 Å². The SMILES string of the molecule is CCCCc1cc(C(C)(C)C)c[cH-]1.Cc1[c-]c2c(cc1C)-c1cc(C)c(C)cc1C2.Cc1ccc([C](=[Zr+2])c2ccc(C)cc2)cc1.[Cl-].[Cl-]. The van der Waals surface area contributed by atoms with Crippen molar-refractivity contribution in [2.45, 2.75) is 100 Å². The molecule has 5 aromatic carbocycles. The average molecular weight is 755 g/mol. The maximum Gasteiger partial charge on any atom is -1.00 e. The summed E-state index contributed by atoms with van der Waals surface area (Å²) in [5.41, 5.74) is 19.6. The first-order valence-corrected chi connectivity index (χ1v) is 18.1. The zero-order chi connectivity index (χ0) is 33.6. The predicted octanol–water partition coefficient (Wildman–Crippen LogP) is 5.76. The Balaban J connectivity index is 0.000000248. The monoisotopic (exact) mass is 752 g/mol. The first-order chi connectivity index (χ1) is 21.8. The van der Waals surface area contributed by atoms with Crippen molar-refractivity contribution in [3.8, 4) is 11.1 Å². The van der Waals surface area contributed by atoms with Crippen molar-refractivity contribution in [3.63, 3.8) is 0 Å². The molecular formula is C45H52Cl2Zr-2. The van der Waals surface area contributed by atoms with Crippen molar-refractivity contribution >= 4 is 3.21 Å². The second kappa shape index (κ2) is 18.5. The smallest absolute Gasteiger partial charge is 1.00 e. The van der Waals surface area contributed by atoms with Gasteiger partial charge < -0.3 is 24.8 Å². The Labute approximate surface area is 319 Å². The molecule has 0 unspecified atom stereocenters. The van der Waals surface area contributed by atoms with E-state index in [-0.39, 0.29) is 24.8 Å². The molecule has 0 saturated carbocycles. The summed E-state index contributed by atoms with van der Waals surface area (Å²) in [5.74, 6) is 0. The van der Waals surface area contributed by atoms with Crippen LogP contribution in [0.3, 0.4) is 0 Å². The van der Waals surface area contributed by atoms with Crippen LogP contribution in [0.1, 0.15) is 107 Å². The van der Waals surface area contributed by atoms with Crippen LogP contribution in [0.15, 0.2) is 84.9 Å². The van der Waals surface area contributed by atoms with Crippen LogP contribution in [0.2, 0.25) is 0 Å². The van der Waals surface area contributed by atoms with Crippen molar-refractivity contribution in [2.75, 3.05) is 0 Å². The summed E-state index contributed by atoms with van der Waals surface area (Å²) in [6.45, 7) is 22.0. The molecule has 5 aromatic rings. The standard InChI is InChI=1S/C17H17.C15H14.C13H21.2ClH.Zr/c1-10-5-14-9-15-6-11(2)13(4)8-17(15)16(14)7-12(10)3;1-12-3-7-14(8-4-12)11-15-9-5-13(2)6-10-15;1-5-6-7-11-8-9-12(10-11)13(2,3)4;;;/h5,7-8H,9H2,1-4H3;3-10H,1-2H3;8-10H,5-7H2,1-4H3;2*1H;/q-1;;-1;;;+2/p-2. The Kier molecular flexibility index (Phi) is 16.1. The maximum atomic E-state index is 3.54. The summed E-state index contributed by atoms with van der Waals surface area (Å²) in [7, 11) is 0. The quantitative estimate of drug-likeness (QED) is 0.197. The van der Waals surface area contributed by atoms with Gasteiger partial charge in [0.15, 0.2) is 0 Å². The maximum absolute atomic E-state index is 3.54. The van der Waals surface area contributed by atoms with Crippen molar-refractivity contribution in [1.29, 1.82) is 0 Å². The molecule has 0 nitrogen and oxygen atoms in total. The van der Waals surface area contributed by atoms with Gasteiger partial charge in [0.2, 0.25) is 0 Å². The normalized spacial score (nSPS) is 11.1. The van der Waals surface area contributed by atoms with Gasteiger partial charge in [0, 0.05) is 0 Å². The van der Waals surface area contributed by atoms with E-state index < -0.39 is 0 Å². The largest absolute Gasteiger partial charge is 1.00 e.